The van der Waals surface area contributed by atoms with Crippen molar-refractivity contribution < 1.29 is 4.74 Å². The minimum absolute atomic E-state index is 0.222. The van der Waals surface area contributed by atoms with Gasteiger partial charge in [-0.3, -0.25) is 0 Å². The molecule has 4 atom stereocenters. The number of hydrogen-bond acceptors (Lipinski definition) is 2. The van der Waals surface area contributed by atoms with E-state index < -0.39 is 0 Å². The monoisotopic (exact) mass is 157 g/mol. The van der Waals surface area contributed by atoms with Gasteiger partial charge in [-0.2, -0.15) is 0 Å². The summed E-state index contributed by atoms with van der Waals surface area (Å²) in [6, 6.07) is 0.222. The highest BCUT2D eigenvalue weighted by Gasteiger charge is 2.25. The molecular formula is C9H19NO. The van der Waals surface area contributed by atoms with Crippen molar-refractivity contribution >= 4 is 0 Å². The molecule has 2 N–H and O–H groups in total. The zero-order chi connectivity index (χ0) is 8.43. The van der Waals surface area contributed by atoms with E-state index in [0.29, 0.717) is 11.8 Å². The maximum Gasteiger partial charge on any atom is 0.0700 e. The standard InChI is InChI=1S/C9H19NO/c1-6-4-7(2)9(10)8(3)11-5-6/h6-9H,4-5,10H2,1-3H3. The van der Waals surface area contributed by atoms with Gasteiger partial charge in [0.15, 0.2) is 0 Å². The Balaban J connectivity index is 2.53. The van der Waals surface area contributed by atoms with Crippen LogP contribution in [0.5, 0.6) is 0 Å². The molecule has 2 nitrogen and oxygen atoms in total. The van der Waals surface area contributed by atoms with E-state index in [9.17, 15) is 0 Å². The second kappa shape index (κ2) is 3.55. The fraction of sp³-hybridized carbons (Fsp3) is 1.00. The zero-order valence-corrected chi connectivity index (χ0v) is 7.71. The van der Waals surface area contributed by atoms with Gasteiger partial charge in [-0.15, -0.1) is 0 Å². The summed E-state index contributed by atoms with van der Waals surface area (Å²) >= 11 is 0. The second-order valence-corrected chi connectivity index (χ2v) is 3.93. The highest BCUT2D eigenvalue weighted by Crippen LogP contribution is 2.22. The molecule has 1 fully saturated rings. The van der Waals surface area contributed by atoms with Crippen molar-refractivity contribution in [2.75, 3.05) is 6.61 Å². The number of nitrogens with two attached hydrogens (primary N) is 1. The van der Waals surface area contributed by atoms with E-state index in [1.807, 2.05) is 0 Å². The molecule has 1 heterocycles. The van der Waals surface area contributed by atoms with Crippen LogP contribution in [0.2, 0.25) is 0 Å². The fourth-order valence-corrected chi connectivity index (χ4v) is 1.75. The summed E-state index contributed by atoms with van der Waals surface area (Å²) in [5.74, 6) is 1.27. The van der Waals surface area contributed by atoms with E-state index in [-0.39, 0.29) is 12.1 Å². The van der Waals surface area contributed by atoms with Crippen LogP contribution < -0.4 is 5.73 Å². The molecule has 0 spiro atoms. The largest absolute Gasteiger partial charge is 0.377 e. The first-order valence-corrected chi connectivity index (χ1v) is 4.48. The Kier molecular flexibility index (Phi) is 2.90. The van der Waals surface area contributed by atoms with Gasteiger partial charge in [0.2, 0.25) is 0 Å². The second-order valence-electron chi connectivity index (χ2n) is 3.93. The van der Waals surface area contributed by atoms with Crippen LogP contribution in [0.25, 0.3) is 0 Å². The van der Waals surface area contributed by atoms with Gasteiger partial charge in [-0.1, -0.05) is 13.8 Å². The molecule has 0 aromatic carbocycles. The maximum absolute atomic E-state index is 5.96. The molecule has 0 aliphatic carbocycles. The van der Waals surface area contributed by atoms with Gasteiger partial charge in [0.1, 0.15) is 0 Å². The first kappa shape index (κ1) is 9.01. The number of ether oxygens (including phenoxy) is 1. The van der Waals surface area contributed by atoms with Crippen LogP contribution >= 0.6 is 0 Å². The molecule has 1 aliphatic heterocycles. The summed E-state index contributed by atoms with van der Waals surface area (Å²) in [7, 11) is 0. The number of hydrogen-bond donors (Lipinski definition) is 1. The summed E-state index contributed by atoms with van der Waals surface area (Å²) < 4.78 is 5.57. The van der Waals surface area contributed by atoms with E-state index >= 15 is 0 Å². The van der Waals surface area contributed by atoms with Crippen LogP contribution in [0.3, 0.4) is 0 Å². The average molecular weight is 157 g/mol. The molecule has 4 unspecified atom stereocenters. The minimum Gasteiger partial charge on any atom is -0.377 e. The van der Waals surface area contributed by atoms with Crippen LogP contribution in [-0.2, 0) is 4.74 Å². The molecule has 0 saturated carbocycles. The molecule has 1 rings (SSSR count). The summed E-state index contributed by atoms with van der Waals surface area (Å²) in [6.07, 6.45) is 1.43. The van der Waals surface area contributed by atoms with Gasteiger partial charge in [-0.05, 0) is 25.2 Å². The lowest BCUT2D eigenvalue weighted by Gasteiger charge is -2.21. The fourth-order valence-electron chi connectivity index (χ4n) is 1.75. The molecular weight excluding hydrogens is 138 g/mol. The van der Waals surface area contributed by atoms with Crippen molar-refractivity contribution in [3.8, 4) is 0 Å². The Morgan fingerprint density at radius 1 is 1.27 bits per heavy atom. The van der Waals surface area contributed by atoms with Crippen molar-refractivity contribution in [3.05, 3.63) is 0 Å². The molecule has 0 aromatic heterocycles. The topological polar surface area (TPSA) is 35.2 Å². The SMILES string of the molecule is CC1COC(C)C(N)C(C)C1. The Morgan fingerprint density at radius 2 is 1.91 bits per heavy atom. The highest BCUT2D eigenvalue weighted by atomic mass is 16.5. The summed E-state index contributed by atoms with van der Waals surface area (Å²) in [5, 5.41) is 0. The van der Waals surface area contributed by atoms with Crippen molar-refractivity contribution in [2.45, 2.75) is 39.3 Å². The van der Waals surface area contributed by atoms with E-state index in [4.69, 9.17) is 10.5 Å². The summed E-state index contributed by atoms with van der Waals surface area (Å²) in [6.45, 7) is 7.38. The van der Waals surface area contributed by atoms with Gasteiger partial charge in [0.05, 0.1) is 6.10 Å². The first-order valence-electron chi connectivity index (χ1n) is 4.48. The number of rotatable bonds is 0. The molecule has 2 heteroatoms. The first-order chi connectivity index (χ1) is 5.11. The Labute approximate surface area is 69.1 Å². The Morgan fingerprint density at radius 3 is 2.55 bits per heavy atom. The van der Waals surface area contributed by atoms with E-state index in [2.05, 4.69) is 20.8 Å². The van der Waals surface area contributed by atoms with Gasteiger partial charge in [0, 0.05) is 12.6 Å². The van der Waals surface area contributed by atoms with E-state index in [0.717, 1.165) is 6.61 Å². The molecule has 0 aromatic rings. The highest BCUT2D eigenvalue weighted by molar-refractivity contribution is 4.79. The molecule has 11 heavy (non-hydrogen) atoms. The van der Waals surface area contributed by atoms with Crippen LogP contribution in [0.4, 0.5) is 0 Å². The van der Waals surface area contributed by atoms with Gasteiger partial charge < -0.3 is 10.5 Å². The Bertz CT molecular complexity index is 127. The van der Waals surface area contributed by atoms with E-state index in [1.165, 1.54) is 6.42 Å². The lowest BCUT2D eigenvalue weighted by Crippen LogP contribution is -2.38. The normalized spacial score (nSPS) is 46.9. The van der Waals surface area contributed by atoms with Crippen LogP contribution in [0.15, 0.2) is 0 Å². The lowest BCUT2D eigenvalue weighted by molar-refractivity contribution is 0.0433. The quantitative estimate of drug-likeness (QED) is 0.577. The molecule has 66 valence electrons. The van der Waals surface area contributed by atoms with Gasteiger partial charge >= 0.3 is 0 Å². The molecule has 1 saturated heterocycles. The van der Waals surface area contributed by atoms with Crippen molar-refractivity contribution in [3.63, 3.8) is 0 Å². The van der Waals surface area contributed by atoms with Gasteiger partial charge in [0.25, 0.3) is 0 Å². The third kappa shape index (κ3) is 2.17. The van der Waals surface area contributed by atoms with Crippen LogP contribution in [0, 0.1) is 11.8 Å². The molecule has 0 bridgehead atoms. The lowest BCUT2D eigenvalue weighted by atomic mass is 9.91. The molecule has 1 aliphatic rings. The smallest absolute Gasteiger partial charge is 0.0700 e. The average Bonchev–Trinajstić information content (AvgIpc) is 2.05. The minimum atomic E-state index is 0.222. The third-order valence-corrected chi connectivity index (χ3v) is 2.62. The van der Waals surface area contributed by atoms with E-state index in [1.54, 1.807) is 0 Å². The van der Waals surface area contributed by atoms with Crippen molar-refractivity contribution in [2.24, 2.45) is 17.6 Å². The predicted octanol–water partition coefficient (Wildman–Crippen LogP) is 1.39. The predicted molar refractivity (Wildman–Crippen MR) is 46.3 cm³/mol. The van der Waals surface area contributed by atoms with Gasteiger partial charge in [-0.25, -0.2) is 0 Å². The van der Waals surface area contributed by atoms with Crippen molar-refractivity contribution in [1.29, 1.82) is 0 Å². The third-order valence-electron chi connectivity index (χ3n) is 2.62. The summed E-state index contributed by atoms with van der Waals surface area (Å²) in [5.41, 5.74) is 5.96. The maximum atomic E-state index is 5.96. The van der Waals surface area contributed by atoms with Crippen LogP contribution in [0.1, 0.15) is 27.2 Å². The van der Waals surface area contributed by atoms with Crippen LogP contribution in [-0.4, -0.2) is 18.8 Å². The Hall–Kier alpha value is -0.0800. The molecule has 0 radical (unpaired) electrons. The molecule has 0 amide bonds. The zero-order valence-electron chi connectivity index (χ0n) is 7.71. The summed E-state index contributed by atoms with van der Waals surface area (Å²) in [4.78, 5) is 0. The van der Waals surface area contributed by atoms with Crippen molar-refractivity contribution in [1.82, 2.24) is 0 Å².